The first-order valence-electron chi connectivity index (χ1n) is 6.24. The summed E-state index contributed by atoms with van der Waals surface area (Å²) in [7, 11) is 0. The van der Waals surface area contributed by atoms with Gasteiger partial charge in [0.15, 0.2) is 11.5 Å². The van der Waals surface area contributed by atoms with Gasteiger partial charge < -0.3 is 14.5 Å². The number of benzene rings is 1. The van der Waals surface area contributed by atoms with Gasteiger partial charge in [0.2, 0.25) is 0 Å². The highest BCUT2D eigenvalue weighted by Crippen LogP contribution is 2.31. The molecule has 0 atom stereocenters. The molecule has 18 heavy (non-hydrogen) atoms. The minimum Gasteiger partial charge on any atom is -0.490 e. The molecule has 1 aromatic carbocycles. The first-order chi connectivity index (χ1) is 8.85. The normalized spacial score (nSPS) is 10.3. The van der Waals surface area contributed by atoms with Crippen molar-refractivity contribution >= 4 is 0 Å². The molecule has 0 fully saturated rings. The molecule has 0 aliphatic heterocycles. The Morgan fingerprint density at radius 1 is 1.17 bits per heavy atom. The second-order valence-electron chi connectivity index (χ2n) is 3.88. The SMILES string of the molecule is CCCOc1ccc(-c2ncc[nH]2)cc1OCC. The fourth-order valence-corrected chi connectivity index (χ4v) is 1.68. The third-order valence-electron chi connectivity index (χ3n) is 2.48. The molecular formula is C14H18N2O2. The first-order valence-corrected chi connectivity index (χ1v) is 6.24. The molecule has 0 aliphatic carbocycles. The van der Waals surface area contributed by atoms with E-state index >= 15 is 0 Å². The standard InChI is InChI=1S/C14H18N2O2/c1-3-9-18-12-6-5-11(10-13(12)17-4-2)14-15-7-8-16-14/h5-8,10H,3-4,9H2,1-2H3,(H,15,16). The lowest BCUT2D eigenvalue weighted by molar-refractivity contribution is 0.277. The van der Waals surface area contributed by atoms with Gasteiger partial charge in [0, 0.05) is 18.0 Å². The summed E-state index contributed by atoms with van der Waals surface area (Å²) in [5.74, 6) is 2.38. The molecule has 0 unspecified atom stereocenters. The van der Waals surface area contributed by atoms with Gasteiger partial charge in [0.25, 0.3) is 0 Å². The summed E-state index contributed by atoms with van der Waals surface area (Å²) >= 11 is 0. The fraction of sp³-hybridized carbons (Fsp3) is 0.357. The number of hydrogen-bond donors (Lipinski definition) is 1. The number of hydrogen-bond acceptors (Lipinski definition) is 3. The van der Waals surface area contributed by atoms with Gasteiger partial charge in [-0.15, -0.1) is 0 Å². The molecule has 0 radical (unpaired) electrons. The molecule has 96 valence electrons. The monoisotopic (exact) mass is 246 g/mol. The van der Waals surface area contributed by atoms with E-state index in [2.05, 4.69) is 16.9 Å². The van der Waals surface area contributed by atoms with Crippen LogP contribution >= 0.6 is 0 Å². The first kappa shape index (κ1) is 12.5. The zero-order valence-electron chi connectivity index (χ0n) is 10.8. The van der Waals surface area contributed by atoms with E-state index in [1.807, 2.05) is 25.1 Å². The topological polar surface area (TPSA) is 47.1 Å². The lowest BCUT2D eigenvalue weighted by atomic mass is 10.2. The van der Waals surface area contributed by atoms with Crippen molar-refractivity contribution in [2.45, 2.75) is 20.3 Å². The maximum absolute atomic E-state index is 5.66. The number of nitrogens with zero attached hydrogens (tertiary/aromatic N) is 1. The molecule has 0 spiro atoms. The molecule has 2 rings (SSSR count). The predicted molar refractivity (Wildman–Crippen MR) is 71.0 cm³/mol. The molecule has 1 heterocycles. The predicted octanol–water partition coefficient (Wildman–Crippen LogP) is 3.26. The van der Waals surface area contributed by atoms with Crippen molar-refractivity contribution in [3.63, 3.8) is 0 Å². The summed E-state index contributed by atoms with van der Waals surface area (Å²) in [6.45, 7) is 5.35. The molecule has 0 saturated heterocycles. The number of aromatic nitrogens is 2. The highest BCUT2D eigenvalue weighted by molar-refractivity contribution is 5.61. The molecule has 4 nitrogen and oxygen atoms in total. The smallest absolute Gasteiger partial charge is 0.161 e. The second kappa shape index (κ2) is 6.10. The number of H-pyrrole nitrogens is 1. The highest BCUT2D eigenvalue weighted by Gasteiger charge is 2.08. The zero-order valence-corrected chi connectivity index (χ0v) is 10.8. The van der Waals surface area contributed by atoms with E-state index in [1.165, 1.54) is 0 Å². The van der Waals surface area contributed by atoms with Gasteiger partial charge in [-0.2, -0.15) is 0 Å². The third-order valence-corrected chi connectivity index (χ3v) is 2.48. The summed E-state index contributed by atoms with van der Waals surface area (Å²) in [5.41, 5.74) is 0.993. The Kier molecular flexibility index (Phi) is 4.23. The Hall–Kier alpha value is -1.97. The molecule has 0 amide bonds. The van der Waals surface area contributed by atoms with Gasteiger partial charge in [-0.25, -0.2) is 4.98 Å². The van der Waals surface area contributed by atoms with E-state index in [-0.39, 0.29) is 0 Å². The summed E-state index contributed by atoms with van der Waals surface area (Å²) < 4.78 is 11.3. The Morgan fingerprint density at radius 2 is 2.06 bits per heavy atom. The maximum atomic E-state index is 5.66. The van der Waals surface area contributed by atoms with Crippen molar-refractivity contribution in [1.82, 2.24) is 9.97 Å². The van der Waals surface area contributed by atoms with Crippen LogP contribution in [0.5, 0.6) is 11.5 Å². The van der Waals surface area contributed by atoms with Crippen molar-refractivity contribution < 1.29 is 9.47 Å². The van der Waals surface area contributed by atoms with Crippen molar-refractivity contribution in [3.05, 3.63) is 30.6 Å². The van der Waals surface area contributed by atoms with Crippen LogP contribution in [0, 0.1) is 0 Å². The van der Waals surface area contributed by atoms with Crippen molar-refractivity contribution in [1.29, 1.82) is 0 Å². The van der Waals surface area contributed by atoms with E-state index in [0.29, 0.717) is 13.2 Å². The lowest BCUT2D eigenvalue weighted by Gasteiger charge is -2.12. The van der Waals surface area contributed by atoms with E-state index < -0.39 is 0 Å². The van der Waals surface area contributed by atoms with Gasteiger partial charge in [0.05, 0.1) is 13.2 Å². The molecule has 1 aromatic heterocycles. The van der Waals surface area contributed by atoms with Crippen LogP contribution in [0.1, 0.15) is 20.3 Å². The van der Waals surface area contributed by atoms with Crippen LogP contribution in [0.25, 0.3) is 11.4 Å². The minimum atomic E-state index is 0.615. The molecule has 0 bridgehead atoms. The molecular weight excluding hydrogens is 228 g/mol. The summed E-state index contributed by atoms with van der Waals surface area (Å²) in [5, 5.41) is 0. The number of ether oxygens (including phenoxy) is 2. The van der Waals surface area contributed by atoms with Crippen LogP contribution in [0.15, 0.2) is 30.6 Å². The van der Waals surface area contributed by atoms with E-state index in [1.54, 1.807) is 12.4 Å². The average Bonchev–Trinajstić information content (AvgIpc) is 2.91. The van der Waals surface area contributed by atoms with Gasteiger partial charge >= 0.3 is 0 Å². The van der Waals surface area contributed by atoms with Crippen LogP contribution in [0.4, 0.5) is 0 Å². The average molecular weight is 246 g/mol. The van der Waals surface area contributed by atoms with Crippen molar-refractivity contribution in [2.24, 2.45) is 0 Å². The molecule has 4 heteroatoms. The minimum absolute atomic E-state index is 0.615. The molecule has 0 aliphatic rings. The van der Waals surface area contributed by atoms with E-state index in [9.17, 15) is 0 Å². The summed E-state index contributed by atoms with van der Waals surface area (Å²) in [6, 6.07) is 5.86. The Balaban J connectivity index is 2.27. The second-order valence-corrected chi connectivity index (χ2v) is 3.88. The number of nitrogens with one attached hydrogen (secondary N) is 1. The Morgan fingerprint density at radius 3 is 2.72 bits per heavy atom. The fourth-order valence-electron chi connectivity index (χ4n) is 1.68. The van der Waals surface area contributed by atoms with Gasteiger partial charge in [-0.3, -0.25) is 0 Å². The highest BCUT2D eigenvalue weighted by atomic mass is 16.5. The van der Waals surface area contributed by atoms with Crippen molar-refractivity contribution in [3.8, 4) is 22.9 Å². The maximum Gasteiger partial charge on any atom is 0.161 e. The van der Waals surface area contributed by atoms with Gasteiger partial charge in [-0.05, 0) is 31.5 Å². The number of imidazole rings is 1. The largest absolute Gasteiger partial charge is 0.490 e. The Labute approximate surface area is 107 Å². The Bertz CT molecular complexity index is 481. The van der Waals surface area contributed by atoms with Crippen LogP contribution in [0.2, 0.25) is 0 Å². The van der Waals surface area contributed by atoms with Crippen molar-refractivity contribution in [2.75, 3.05) is 13.2 Å². The summed E-state index contributed by atoms with van der Waals surface area (Å²) in [6.07, 6.45) is 4.51. The van der Waals surface area contributed by atoms with Crippen LogP contribution in [-0.4, -0.2) is 23.2 Å². The quantitative estimate of drug-likeness (QED) is 0.851. The molecule has 0 saturated carbocycles. The number of aromatic amines is 1. The summed E-state index contributed by atoms with van der Waals surface area (Å²) in [4.78, 5) is 7.31. The van der Waals surface area contributed by atoms with Gasteiger partial charge in [-0.1, -0.05) is 6.92 Å². The van der Waals surface area contributed by atoms with Crippen LogP contribution < -0.4 is 9.47 Å². The molecule has 2 aromatic rings. The third kappa shape index (κ3) is 2.83. The van der Waals surface area contributed by atoms with Crippen LogP contribution in [0.3, 0.4) is 0 Å². The van der Waals surface area contributed by atoms with Gasteiger partial charge in [0.1, 0.15) is 5.82 Å². The van der Waals surface area contributed by atoms with E-state index in [0.717, 1.165) is 29.3 Å². The molecule has 1 N–H and O–H groups in total. The number of rotatable bonds is 6. The zero-order chi connectivity index (χ0) is 12.8. The van der Waals surface area contributed by atoms with E-state index in [4.69, 9.17) is 9.47 Å². The lowest BCUT2D eigenvalue weighted by Crippen LogP contribution is -2.00. The van der Waals surface area contributed by atoms with Crippen LogP contribution in [-0.2, 0) is 0 Å².